The summed E-state index contributed by atoms with van der Waals surface area (Å²) in [6, 6.07) is 1.97. The van der Waals surface area contributed by atoms with Crippen LogP contribution in [0.1, 0.15) is 13.3 Å². The molecule has 2 N–H and O–H groups in total. The van der Waals surface area contributed by atoms with Crippen molar-refractivity contribution in [3.63, 3.8) is 0 Å². The van der Waals surface area contributed by atoms with Gasteiger partial charge in [-0.25, -0.2) is 4.68 Å². The fourth-order valence-corrected chi connectivity index (χ4v) is 1.68. The second-order valence-electron chi connectivity index (χ2n) is 4.19. The van der Waals surface area contributed by atoms with E-state index in [0.717, 1.165) is 6.42 Å². The third-order valence-electron chi connectivity index (χ3n) is 2.75. The maximum absolute atomic E-state index is 5.16. The molecule has 0 aliphatic carbocycles. The van der Waals surface area contributed by atoms with Crippen molar-refractivity contribution in [1.29, 1.82) is 0 Å². The van der Waals surface area contributed by atoms with Crippen LogP contribution in [-0.2, 0) is 4.74 Å². The first-order valence-electron chi connectivity index (χ1n) is 6.46. The zero-order valence-electron chi connectivity index (χ0n) is 11.9. The predicted molar refractivity (Wildman–Crippen MR) is 76.1 cm³/mol. The molecule has 8 nitrogen and oxygen atoms in total. The molecule has 0 aliphatic rings. The van der Waals surface area contributed by atoms with Crippen LogP contribution in [0, 0.1) is 0 Å². The topological polar surface area (TPSA) is 89.8 Å². The van der Waals surface area contributed by atoms with Gasteiger partial charge in [-0.3, -0.25) is 0 Å². The smallest absolute Gasteiger partial charge is 0.257 e. The molecule has 2 heterocycles. The van der Waals surface area contributed by atoms with E-state index in [4.69, 9.17) is 4.74 Å². The maximum atomic E-state index is 5.16. The van der Waals surface area contributed by atoms with Gasteiger partial charge in [0.1, 0.15) is 0 Å². The van der Waals surface area contributed by atoms with Gasteiger partial charge in [0.05, 0.1) is 12.6 Å². The quantitative estimate of drug-likeness (QED) is 0.778. The highest BCUT2D eigenvalue weighted by atomic mass is 16.5. The number of methoxy groups -OCH3 is 1. The summed E-state index contributed by atoms with van der Waals surface area (Å²) in [6.07, 6.45) is 4.37. The van der Waals surface area contributed by atoms with E-state index in [1.807, 2.05) is 6.07 Å². The van der Waals surface area contributed by atoms with Gasteiger partial charge in [0.2, 0.25) is 11.9 Å². The number of rotatable bonds is 7. The Morgan fingerprint density at radius 1 is 1.30 bits per heavy atom. The van der Waals surface area contributed by atoms with Crippen LogP contribution in [0.25, 0.3) is 5.95 Å². The van der Waals surface area contributed by atoms with Crippen molar-refractivity contribution in [2.24, 2.45) is 0 Å². The minimum Gasteiger partial charge on any atom is -0.383 e. The monoisotopic (exact) mass is 277 g/mol. The van der Waals surface area contributed by atoms with Crippen LogP contribution in [0.15, 0.2) is 18.5 Å². The molecule has 8 heteroatoms. The van der Waals surface area contributed by atoms with Crippen LogP contribution in [0.3, 0.4) is 0 Å². The molecular formula is C12H19N7O. The number of hydrogen-bond acceptors (Lipinski definition) is 7. The van der Waals surface area contributed by atoms with E-state index in [2.05, 4.69) is 37.6 Å². The summed E-state index contributed by atoms with van der Waals surface area (Å²) >= 11 is 0. The van der Waals surface area contributed by atoms with Crippen molar-refractivity contribution < 1.29 is 4.74 Å². The second-order valence-corrected chi connectivity index (χ2v) is 4.19. The normalized spacial score (nSPS) is 12.2. The van der Waals surface area contributed by atoms with E-state index in [9.17, 15) is 0 Å². The average Bonchev–Trinajstić information content (AvgIpc) is 3.00. The van der Waals surface area contributed by atoms with Gasteiger partial charge in [0.25, 0.3) is 5.95 Å². The third kappa shape index (κ3) is 3.41. The summed E-state index contributed by atoms with van der Waals surface area (Å²) in [5, 5.41) is 10.3. The third-order valence-corrected chi connectivity index (χ3v) is 2.75. The standard InChI is InChI=1S/C12H19N7O/c1-4-9(8-20-3)15-11-16-10(13-2)17-12(18-11)19-7-5-6-14-19/h5-7,9H,4,8H2,1-3H3,(H2,13,15,16,17,18). The summed E-state index contributed by atoms with van der Waals surface area (Å²) in [4.78, 5) is 12.9. The van der Waals surface area contributed by atoms with E-state index in [0.29, 0.717) is 24.5 Å². The highest BCUT2D eigenvalue weighted by molar-refractivity contribution is 5.38. The Bertz CT molecular complexity index is 529. The molecule has 0 aromatic carbocycles. The van der Waals surface area contributed by atoms with E-state index in [1.54, 1.807) is 31.2 Å². The number of aromatic nitrogens is 5. The lowest BCUT2D eigenvalue weighted by molar-refractivity contribution is 0.184. The average molecular weight is 277 g/mol. The number of nitrogens with zero attached hydrogens (tertiary/aromatic N) is 5. The fraction of sp³-hybridized carbons (Fsp3) is 0.500. The summed E-state index contributed by atoms with van der Waals surface area (Å²) in [7, 11) is 3.43. The SMILES string of the molecule is CCC(COC)Nc1nc(NC)nc(-n2cccn2)n1. The molecule has 1 atom stereocenters. The van der Waals surface area contributed by atoms with E-state index in [-0.39, 0.29) is 6.04 Å². The van der Waals surface area contributed by atoms with Crippen LogP contribution >= 0.6 is 0 Å². The molecule has 0 radical (unpaired) electrons. The fourth-order valence-electron chi connectivity index (χ4n) is 1.68. The van der Waals surface area contributed by atoms with E-state index in [1.165, 1.54) is 0 Å². The van der Waals surface area contributed by atoms with Crippen LogP contribution in [0.4, 0.5) is 11.9 Å². The van der Waals surface area contributed by atoms with E-state index >= 15 is 0 Å². The minimum atomic E-state index is 0.151. The molecule has 0 saturated carbocycles. The van der Waals surface area contributed by atoms with E-state index < -0.39 is 0 Å². The Morgan fingerprint density at radius 3 is 2.70 bits per heavy atom. The maximum Gasteiger partial charge on any atom is 0.257 e. The second kappa shape index (κ2) is 6.80. The molecule has 0 bridgehead atoms. The summed E-state index contributed by atoms with van der Waals surface area (Å²) in [5.74, 6) is 1.45. The highest BCUT2D eigenvalue weighted by Crippen LogP contribution is 2.10. The number of nitrogens with one attached hydrogen (secondary N) is 2. The molecule has 2 aromatic heterocycles. The highest BCUT2D eigenvalue weighted by Gasteiger charge is 2.11. The molecule has 0 fully saturated rings. The van der Waals surface area contributed by atoms with Crippen LogP contribution in [0.5, 0.6) is 0 Å². The lowest BCUT2D eigenvalue weighted by Gasteiger charge is -2.16. The van der Waals surface area contributed by atoms with Gasteiger partial charge in [-0.15, -0.1) is 0 Å². The summed E-state index contributed by atoms with van der Waals surface area (Å²) in [5.41, 5.74) is 0. The summed E-state index contributed by atoms with van der Waals surface area (Å²) < 4.78 is 6.75. The number of hydrogen-bond donors (Lipinski definition) is 2. The van der Waals surface area contributed by atoms with Gasteiger partial charge in [-0.05, 0) is 12.5 Å². The first-order valence-corrected chi connectivity index (χ1v) is 6.46. The molecule has 1 unspecified atom stereocenters. The molecule has 0 spiro atoms. The van der Waals surface area contributed by atoms with Crippen molar-refractivity contribution in [2.75, 3.05) is 31.4 Å². The van der Waals surface area contributed by atoms with Crippen molar-refractivity contribution >= 4 is 11.9 Å². The largest absolute Gasteiger partial charge is 0.383 e. The van der Waals surface area contributed by atoms with Crippen molar-refractivity contribution in [1.82, 2.24) is 24.7 Å². The molecule has 20 heavy (non-hydrogen) atoms. The Kier molecular flexibility index (Phi) is 4.83. The van der Waals surface area contributed by atoms with Gasteiger partial charge < -0.3 is 15.4 Å². The lowest BCUT2D eigenvalue weighted by atomic mass is 10.2. The Balaban J connectivity index is 2.26. The molecule has 108 valence electrons. The minimum absolute atomic E-state index is 0.151. The Labute approximate surface area is 117 Å². The van der Waals surface area contributed by atoms with Crippen molar-refractivity contribution in [2.45, 2.75) is 19.4 Å². The Hall–Kier alpha value is -2.22. The van der Waals surface area contributed by atoms with Crippen LogP contribution in [0.2, 0.25) is 0 Å². The van der Waals surface area contributed by atoms with Gasteiger partial charge >= 0.3 is 0 Å². The lowest BCUT2D eigenvalue weighted by Crippen LogP contribution is -2.25. The summed E-state index contributed by atoms with van der Waals surface area (Å²) in [6.45, 7) is 2.67. The first-order chi connectivity index (χ1) is 9.76. The number of anilines is 2. The molecular weight excluding hydrogens is 258 g/mol. The number of ether oxygens (including phenoxy) is 1. The van der Waals surface area contributed by atoms with Crippen LogP contribution in [-0.4, -0.2) is 51.5 Å². The Morgan fingerprint density at radius 2 is 2.10 bits per heavy atom. The van der Waals surface area contributed by atoms with Crippen molar-refractivity contribution in [3.8, 4) is 5.95 Å². The van der Waals surface area contributed by atoms with Gasteiger partial charge in [0, 0.05) is 26.6 Å². The zero-order chi connectivity index (χ0) is 14.4. The zero-order valence-corrected chi connectivity index (χ0v) is 11.9. The first kappa shape index (κ1) is 14.2. The molecule has 0 amide bonds. The van der Waals surface area contributed by atoms with Gasteiger partial charge in [0.15, 0.2) is 0 Å². The van der Waals surface area contributed by atoms with Crippen molar-refractivity contribution in [3.05, 3.63) is 18.5 Å². The van der Waals surface area contributed by atoms with Crippen LogP contribution < -0.4 is 10.6 Å². The predicted octanol–water partition coefficient (Wildman–Crippen LogP) is 0.936. The molecule has 0 saturated heterocycles. The molecule has 2 aromatic rings. The molecule has 0 aliphatic heterocycles. The van der Waals surface area contributed by atoms with Gasteiger partial charge in [-0.2, -0.15) is 20.1 Å². The molecule has 2 rings (SSSR count). The van der Waals surface area contributed by atoms with Gasteiger partial charge in [-0.1, -0.05) is 6.92 Å².